The van der Waals surface area contributed by atoms with E-state index in [1.807, 2.05) is 13.8 Å². The van der Waals surface area contributed by atoms with Crippen LogP contribution in [-0.4, -0.2) is 28.6 Å². The van der Waals surface area contributed by atoms with Gasteiger partial charge in [-0.3, -0.25) is 9.78 Å². The highest BCUT2D eigenvalue weighted by Gasteiger charge is 2.13. The van der Waals surface area contributed by atoms with Gasteiger partial charge >= 0.3 is 0 Å². The Morgan fingerprint density at radius 1 is 1.56 bits per heavy atom. The van der Waals surface area contributed by atoms with Crippen molar-refractivity contribution in [2.75, 3.05) is 12.3 Å². The Bertz CT molecular complexity index is 419. The minimum atomic E-state index is -0.525. The summed E-state index contributed by atoms with van der Waals surface area (Å²) >= 11 is 0. The number of anilines is 1. The first kappa shape index (κ1) is 14.4. The summed E-state index contributed by atoms with van der Waals surface area (Å²) in [6.07, 6.45) is 1.65. The number of nitrogens with two attached hydrogens (primary N) is 1. The van der Waals surface area contributed by atoms with Crippen molar-refractivity contribution in [1.82, 2.24) is 10.3 Å². The van der Waals surface area contributed by atoms with E-state index >= 15 is 0 Å². The number of hydrogen-bond acceptors (Lipinski definition) is 4. The van der Waals surface area contributed by atoms with Gasteiger partial charge in [0.2, 0.25) is 0 Å². The number of nitrogen functional groups attached to an aromatic ring is 1. The summed E-state index contributed by atoms with van der Waals surface area (Å²) in [7, 11) is 0. The zero-order valence-electron chi connectivity index (χ0n) is 11.1. The van der Waals surface area contributed by atoms with Crippen molar-refractivity contribution in [2.45, 2.75) is 33.3 Å². The smallest absolute Gasteiger partial charge is 0.253 e. The lowest BCUT2D eigenvalue weighted by atomic mass is 10.1. The van der Waals surface area contributed by atoms with Crippen molar-refractivity contribution in [3.05, 3.63) is 23.5 Å². The highest BCUT2D eigenvalue weighted by Crippen LogP contribution is 2.09. The summed E-state index contributed by atoms with van der Waals surface area (Å²) in [6, 6.07) is 1.59. The van der Waals surface area contributed by atoms with Crippen molar-refractivity contribution >= 4 is 11.6 Å². The number of aromatic nitrogens is 1. The molecule has 5 nitrogen and oxygen atoms in total. The lowest BCUT2D eigenvalue weighted by Gasteiger charge is -2.14. The van der Waals surface area contributed by atoms with Crippen LogP contribution >= 0.6 is 0 Å². The van der Waals surface area contributed by atoms with Gasteiger partial charge in [0.05, 0.1) is 29.2 Å². The summed E-state index contributed by atoms with van der Waals surface area (Å²) in [6.45, 7) is 6.04. The van der Waals surface area contributed by atoms with E-state index in [1.165, 1.54) is 6.20 Å². The summed E-state index contributed by atoms with van der Waals surface area (Å²) in [5.74, 6) is 0.141. The molecule has 1 aromatic heterocycles. The number of hydrogen-bond donors (Lipinski definition) is 3. The monoisotopic (exact) mass is 251 g/mol. The van der Waals surface area contributed by atoms with Gasteiger partial charge in [-0.1, -0.05) is 13.8 Å². The molecule has 100 valence electrons. The maximum atomic E-state index is 11.9. The van der Waals surface area contributed by atoms with E-state index < -0.39 is 6.10 Å². The van der Waals surface area contributed by atoms with Crippen LogP contribution in [0.3, 0.4) is 0 Å². The molecule has 1 heterocycles. The molecule has 1 unspecified atom stereocenters. The van der Waals surface area contributed by atoms with Crippen LogP contribution < -0.4 is 11.1 Å². The molecule has 5 heteroatoms. The quantitative estimate of drug-likeness (QED) is 0.731. The molecule has 4 N–H and O–H groups in total. The lowest BCUT2D eigenvalue weighted by Crippen LogP contribution is -2.33. The van der Waals surface area contributed by atoms with Gasteiger partial charge in [0, 0.05) is 6.54 Å². The zero-order chi connectivity index (χ0) is 13.7. The Morgan fingerprint density at radius 3 is 2.83 bits per heavy atom. The second kappa shape index (κ2) is 6.35. The highest BCUT2D eigenvalue weighted by atomic mass is 16.3. The molecule has 0 bridgehead atoms. The van der Waals surface area contributed by atoms with Crippen molar-refractivity contribution in [1.29, 1.82) is 0 Å². The Morgan fingerprint density at radius 2 is 2.22 bits per heavy atom. The molecule has 1 amide bonds. The Hall–Kier alpha value is -1.62. The molecular formula is C13H21N3O2. The minimum Gasteiger partial charge on any atom is -0.397 e. The number of pyridine rings is 1. The summed E-state index contributed by atoms with van der Waals surface area (Å²) in [4.78, 5) is 15.9. The maximum absolute atomic E-state index is 11.9. The second-order valence-electron chi connectivity index (χ2n) is 4.90. The third-order valence-corrected chi connectivity index (χ3v) is 2.59. The maximum Gasteiger partial charge on any atom is 0.253 e. The second-order valence-corrected chi connectivity index (χ2v) is 4.90. The molecule has 1 rings (SSSR count). The van der Waals surface area contributed by atoms with Crippen molar-refractivity contribution in [3.63, 3.8) is 0 Å². The van der Waals surface area contributed by atoms with Gasteiger partial charge in [0.25, 0.3) is 5.91 Å². The fraction of sp³-hybridized carbons (Fsp3) is 0.538. The summed E-state index contributed by atoms with van der Waals surface area (Å²) < 4.78 is 0. The van der Waals surface area contributed by atoms with Gasteiger partial charge in [-0.05, 0) is 25.3 Å². The molecule has 0 radical (unpaired) electrons. The van der Waals surface area contributed by atoms with E-state index in [1.54, 1.807) is 13.0 Å². The number of aliphatic hydroxyl groups excluding tert-OH is 1. The SMILES string of the molecule is Cc1ncc(N)cc1C(=O)NCC(O)CC(C)C. The van der Waals surface area contributed by atoms with Crippen LogP contribution in [-0.2, 0) is 0 Å². The molecule has 1 atom stereocenters. The molecule has 0 spiro atoms. The summed E-state index contributed by atoms with van der Waals surface area (Å²) in [5.41, 5.74) is 7.12. The first-order chi connectivity index (χ1) is 8.40. The average Bonchev–Trinajstić information content (AvgIpc) is 2.28. The van der Waals surface area contributed by atoms with Crippen molar-refractivity contribution < 1.29 is 9.90 Å². The number of rotatable bonds is 5. The van der Waals surface area contributed by atoms with E-state index in [2.05, 4.69) is 10.3 Å². The van der Waals surface area contributed by atoms with E-state index in [4.69, 9.17) is 5.73 Å². The third-order valence-electron chi connectivity index (χ3n) is 2.59. The summed E-state index contributed by atoms with van der Waals surface area (Å²) in [5, 5.41) is 12.4. The number of aliphatic hydroxyl groups is 1. The number of carbonyl (C=O) groups is 1. The van der Waals surface area contributed by atoms with Gasteiger partial charge in [-0.25, -0.2) is 0 Å². The van der Waals surface area contributed by atoms with Crippen molar-refractivity contribution in [3.8, 4) is 0 Å². The first-order valence-corrected chi connectivity index (χ1v) is 6.08. The van der Waals surface area contributed by atoms with E-state index in [0.717, 1.165) is 0 Å². The van der Waals surface area contributed by atoms with E-state index in [0.29, 0.717) is 29.3 Å². The average molecular weight is 251 g/mol. The number of aryl methyl sites for hydroxylation is 1. The van der Waals surface area contributed by atoms with Gasteiger partial charge in [-0.2, -0.15) is 0 Å². The molecule has 0 fully saturated rings. The third kappa shape index (κ3) is 4.33. The molecule has 0 aromatic carbocycles. The van der Waals surface area contributed by atoms with Gasteiger partial charge in [0.15, 0.2) is 0 Å². The Kier molecular flexibility index (Phi) is 5.09. The number of amides is 1. The molecule has 0 aliphatic heterocycles. The molecule has 0 aliphatic rings. The van der Waals surface area contributed by atoms with E-state index in [9.17, 15) is 9.90 Å². The van der Waals surface area contributed by atoms with Crippen LogP contribution in [0.1, 0.15) is 36.3 Å². The topological polar surface area (TPSA) is 88.2 Å². The van der Waals surface area contributed by atoms with Crippen LogP contribution in [0.2, 0.25) is 0 Å². The largest absolute Gasteiger partial charge is 0.397 e. The minimum absolute atomic E-state index is 0.241. The van der Waals surface area contributed by atoms with Crippen LogP contribution in [0.5, 0.6) is 0 Å². The van der Waals surface area contributed by atoms with Crippen LogP contribution in [0.4, 0.5) is 5.69 Å². The van der Waals surface area contributed by atoms with Gasteiger partial charge in [0.1, 0.15) is 0 Å². The Labute approximate surface area is 107 Å². The highest BCUT2D eigenvalue weighted by molar-refractivity contribution is 5.95. The molecule has 0 aliphatic carbocycles. The van der Waals surface area contributed by atoms with Gasteiger partial charge in [-0.15, -0.1) is 0 Å². The fourth-order valence-corrected chi connectivity index (χ4v) is 1.71. The predicted molar refractivity (Wildman–Crippen MR) is 71.2 cm³/mol. The van der Waals surface area contributed by atoms with Crippen LogP contribution in [0.15, 0.2) is 12.3 Å². The fourth-order valence-electron chi connectivity index (χ4n) is 1.71. The van der Waals surface area contributed by atoms with E-state index in [-0.39, 0.29) is 12.5 Å². The van der Waals surface area contributed by atoms with Crippen LogP contribution in [0.25, 0.3) is 0 Å². The zero-order valence-corrected chi connectivity index (χ0v) is 11.1. The molecule has 0 saturated heterocycles. The number of nitrogens with one attached hydrogen (secondary N) is 1. The molecular weight excluding hydrogens is 230 g/mol. The standard InChI is InChI=1S/C13H21N3O2/c1-8(2)4-11(17)7-16-13(18)12-5-10(14)6-15-9(12)3/h5-6,8,11,17H,4,7,14H2,1-3H3,(H,16,18). The lowest BCUT2D eigenvalue weighted by molar-refractivity contribution is 0.0899. The number of nitrogens with zero attached hydrogens (tertiary/aromatic N) is 1. The Balaban J connectivity index is 2.58. The molecule has 1 aromatic rings. The van der Waals surface area contributed by atoms with Crippen molar-refractivity contribution in [2.24, 2.45) is 5.92 Å². The first-order valence-electron chi connectivity index (χ1n) is 6.08. The number of carbonyl (C=O) groups excluding carboxylic acids is 1. The normalized spacial score (nSPS) is 12.5. The van der Waals surface area contributed by atoms with Crippen LogP contribution in [0, 0.1) is 12.8 Å². The molecule has 18 heavy (non-hydrogen) atoms. The van der Waals surface area contributed by atoms with Gasteiger partial charge < -0.3 is 16.2 Å². The predicted octanol–water partition coefficient (Wildman–Crippen LogP) is 1.11. The molecule has 0 saturated carbocycles.